The maximum absolute atomic E-state index is 5.81. The van der Waals surface area contributed by atoms with Crippen LogP contribution in [0.15, 0.2) is 53.7 Å². The van der Waals surface area contributed by atoms with E-state index in [1.807, 2.05) is 6.07 Å². The molecule has 1 aromatic heterocycles. The Hall–Kier alpha value is -1.34. The summed E-state index contributed by atoms with van der Waals surface area (Å²) >= 11 is 5.81. The van der Waals surface area contributed by atoms with Crippen LogP contribution in [0.1, 0.15) is 30.4 Å². The van der Waals surface area contributed by atoms with E-state index in [2.05, 4.69) is 50.9 Å². The van der Waals surface area contributed by atoms with Crippen molar-refractivity contribution < 1.29 is 0 Å². The first-order valence-corrected chi connectivity index (χ1v) is 8.70. The molecule has 3 rings (SSSR count). The molecule has 0 bridgehead atoms. The molecule has 1 fully saturated rings. The Labute approximate surface area is 171 Å². The monoisotopic (exact) mass is 470 g/mol. The summed E-state index contributed by atoms with van der Waals surface area (Å²) in [6.07, 6.45) is 5.52. The van der Waals surface area contributed by atoms with E-state index >= 15 is 0 Å². The lowest BCUT2D eigenvalue weighted by atomic mass is 9.64. The lowest BCUT2D eigenvalue weighted by Gasteiger charge is -2.43. The van der Waals surface area contributed by atoms with E-state index in [0.29, 0.717) is 11.7 Å². The van der Waals surface area contributed by atoms with Crippen LogP contribution in [-0.2, 0) is 12.0 Å². The smallest absolute Gasteiger partial charge is 0.191 e. The maximum Gasteiger partial charge on any atom is 0.191 e. The summed E-state index contributed by atoms with van der Waals surface area (Å²) < 4.78 is 0. The molecule has 0 amide bonds. The average molecular weight is 471 g/mol. The van der Waals surface area contributed by atoms with E-state index in [0.717, 1.165) is 18.1 Å². The summed E-state index contributed by atoms with van der Waals surface area (Å²) in [4.78, 5) is 8.42. The minimum absolute atomic E-state index is 0. The van der Waals surface area contributed by atoms with Crippen LogP contribution < -0.4 is 10.6 Å². The maximum atomic E-state index is 5.81. The first kappa shape index (κ1) is 20.0. The summed E-state index contributed by atoms with van der Waals surface area (Å²) in [6, 6.07) is 14.5. The molecule has 1 aliphatic rings. The van der Waals surface area contributed by atoms with Gasteiger partial charge in [-0.1, -0.05) is 54.4 Å². The second-order valence-electron chi connectivity index (χ2n) is 6.27. The third-order valence-electron chi connectivity index (χ3n) is 4.76. The van der Waals surface area contributed by atoms with Crippen LogP contribution >= 0.6 is 35.6 Å². The molecule has 1 aromatic carbocycles. The predicted octanol–water partition coefficient (Wildman–Crippen LogP) is 4.14. The van der Waals surface area contributed by atoms with Crippen molar-refractivity contribution in [3.8, 4) is 0 Å². The number of hydrogen-bond donors (Lipinski definition) is 2. The summed E-state index contributed by atoms with van der Waals surface area (Å²) in [6.45, 7) is 1.57. The fourth-order valence-corrected chi connectivity index (χ4v) is 3.24. The molecule has 1 aliphatic carbocycles. The Kier molecular flexibility index (Phi) is 7.50. The standard InChI is InChI=1S/C19H23ClN4.HI/c1-21-18(23-13-15-8-9-17(20)22-12-15)24-14-19(10-5-11-19)16-6-3-2-4-7-16;/h2-4,6-9,12H,5,10-11,13-14H2,1H3,(H2,21,23,24);1H. The van der Waals surface area contributed by atoms with Crippen LogP contribution in [0.2, 0.25) is 5.15 Å². The number of aromatic nitrogens is 1. The molecule has 134 valence electrons. The molecular formula is C19H24ClIN4. The Morgan fingerprint density at radius 2 is 1.92 bits per heavy atom. The van der Waals surface area contributed by atoms with Crippen molar-refractivity contribution in [3.63, 3.8) is 0 Å². The SMILES string of the molecule is CN=C(NCc1ccc(Cl)nc1)NCC1(c2ccccc2)CCC1.I. The van der Waals surface area contributed by atoms with Crippen LogP contribution in [0.4, 0.5) is 0 Å². The lowest BCUT2D eigenvalue weighted by molar-refractivity contribution is 0.244. The van der Waals surface area contributed by atoms with Crippen LogP contribution in [0.25, 0.3) is 0 Å². The van der Waals surface area contributed by atoms with Crippen molar-refractivity contribution in [2.45, 2.75) is 31.2 Å². The zero-order chi connectivity index (χ0) is 16.8. The van der Waals surface area contributed by atoms with Gasteiger partial charge in [-0.3, -0.25) is 4.99 Å². The molecule has 2 N–H and O–H groups in total. The van der Waals surface area contributed by atoms with Gasteiger partial charge in [0.15, 0.2) is 5.96 Å². The number of aliphatic imine (C=N–C) groups is 1. The molecular weight excluding hydrogens is 447 g/mol. The minimum atomic E-state index is 0. The quantitative estimate of drug-likeness (QED) is 0.299. The number of rotatable bonds is 5. The third kappa shape index (κ3) is 5.07. The number of nitrogens with zero attached hydrogens (tertiary/aromatic N) is 2. The second kappa shape index (κ2) is 9.38. The highest BCUT2D eigenvalue weighted by Gasteiger charge is 2.38. The summed E-state index contributed by atoms with van der Waals surface area (Å²) in [5.74, 6) is 0.812. The van der Waals surface area contributed by atoms with Gasteiger partial charge in [-0.05, 0) is 30.0 Å². The van der Waals surface area contributed by atoms with Crippen molar-refractivity contribution in [2.75, 3.05) is 13.6 Å². The van der Waals surface area contributed by atoms with Crippen molar-refractivity contribution in [1.29, 1.82) is 0 Å². The fraction of sp³-hybridized carbons (Fsp3) is 0.368. The molecule has 0 unspecified atom stereocenters. The Bertz CT molecular complexity index is 684. The first-order valence-electron chi connectivity index (χ1n) is 8.32. The predicted molar refractivity (Wildman–Crippen MR) is 115 cm³/mol. The van der Waals surface area contributed by atoms with Crippen LogP contribution in [-0.4, -0.2) is 24.5 Å². The topological polar surface area (TPSA) is 49.3 Å². The number of guanidine groups is 1. The van der Waals surface area contributed by atoms with Crippen molar-refractivity contribution >= 4 is 41.5 Å². The van der Waals surface area contributed by atoms with Gasteiger partial charge in [0, 0.05) is 31.7 Å². The molecule has 0 atom stereocenters. The van der Waals surface area contributed by atoms with Gasteiger partial charge >= 0.3 is 0 Å². The average Bonchev–Trinajstić information content (AvgIpc) is 2.59. The molecule has 6 heteroatoms. The first-order chi connectivity index (χ1) is 11.7. The highest BCUT2D eigenvalue weighted by molar-refractivity contribution is 14.0. The van der Waals surface area contributed by atoms with Gasteiger partial charge in [-0.25, -0.2) is 4.98 Å². The van der Waals surface area contributed by atoms with Crippen LogP contribution in [0.5, 0.6) is 0 Å². The normalized spacial score (nSPS) is 15.7. The molecule has 0 saturated heterocycles. The summed E-state index contributed by atoms with van der Waals surface area (Å²) in [5.41, 5.74) is 2.73. The molecule has 25 heavy (non-hydrogen) atoms. The van der Waals surface area contributed by atoms with Gasteiger partial charge in [0.05, 0.1) is 0 Å². The Morgan fingerprint density at radius 1 is 1.16 bits per heavy atom. The molecule has 1 saturated carbocycles. The van der Waals surface area contributed by atoms with E-state index in [9.17, 15) is 0 Å². The Balaban J connectivity index is 0.00000225. The van der Waals surface area contributed by atoms with E-state index in [1.54, 1.807) is 19.3 Å². The number of halogens is 2. The van der Waals surface area contributed by atoms with E-state index < -0.39 is 0 Å². The molecule has 0 aliphatic heterocycles. The summed E-state index contributed by atoms with van der Waals surface area (Å²) in [7, 11) is 1.80. The van der Waals surface area contributed by atoms with Gasteiger partial charge in [-0.2, -0.15) is 0 Å². The lowest BCUT2D eigenvalue weighted by Crippen LogP contribution is -2.48. The highest BCUT2D eigenvalue weighted by atomic mass is 127. The molecule has 1 heterocycles. The van der Waals surface area contributed by atoms with E-state index in [4.69, 9.17) is 11.6 Å². The molecule has 4 nitrogen and oxygen atoms in total. The largest absolute Gasteiger partial charge is 0.356 e. The number of hydrogen-bond acceptors (Lipinski definition) is 2. The number of nitrogens with one attached hydrogen (secondary N) is 2. The van der Waals surface area contributed by atoms with Gasteiger partial charge in [0.2, 0.25) is 0 Å². The van der Waals surface area contributed by atoms with Crippen molar-refractivity contribution in [1.82, 2.24) is 15.6 Å². The van der Waals surface area contributed by atoms with Gasteiger partial charge in [-0.15, -0.1) is 24.0 Å². The number of benzene rings is 1. The molecule has 0 radical (unpaired) electrons. The van der Waals surface area contributed by atoms with Crippen molar-refractivity contribution in [2.24, 2.45) is 4.99 Å². The third-order valence-corrected chi connectivity index (χ3v) is 4.99. The van der Waals surface area contributed by atoms with Crippen LogP contribution in [0, 0.1) is 0 Å². The zero-order valence-corrected chi connectivity index (χ0v) is 17.4. The van der Waals surface area contributed by atoms with Crippen LogP contribution in [0.3, 0.4) is 0 Å². The van der Waals surface area contributed by atoms with Gasteiger partial charge in [0.1, 0.15) is 5.15 Å². The second-order valence-corrected chi connectivity index (χ2v) is 6.66. The van der Waals surface area contributed by atoms with E-state index in [1.165, 1.54) is 24.8 Å². The molecule has 0 spiro atoms. The molecule has 2 aromatic rings. The highest BCUT2D eigenvalue weighted by Crippen LogP contribution is 2.43. The Morgan fingerprint density at radius 3 is 2.48 bits per heavy atom. The van der Waals surface area contributed by atoms with Gasteiger partial charge < -0.3 is 10.6 Å². The van der Waals surface area contributed by atoms with Gasteiger partial charge in [0.25, 0.3) is 0 Å². The van der Waals surface area contributed by atoms with Crippen molar-refractivity contribution in [3.05, 3.63) is 64.9 Å². The number of pyridine rings is 1. The van der Waals surface area contributed by atoms with E-state index in [-0.39, 0.29) is 29.4 Å². The fourth-order valence-electron chi connectivity index (χ4n) is 3.13. The minimum Gasteiger partial charge on any atom is -0.356 e. The zero-order valence-electron chi connectivity index (χ0n) is 14.3. The summed E-state index contributed by atoms with van der Waals surface area (Å²) in [5, 5.41) is 7.33.